The molecule has 3 N–H and O–H groups in total. The van der Waals surface area contributed by atoms with Crippen LogP contribution in [0.2, 0.25) is 0 Å². The van der Waals surface area contributed by atoms with Gasteiger partial charge in [-0.2, -0.15) is 0 Å². The highest BCUT2D eigenvalue weighted by atomic mass is 19.1. The Morgan fingerprint density at radius 1 is 1.35 bits per heavy atom. The highest BCUT2D eigenvalue weighted by Crippen LogP contribution is 2.13. The number of anilines is 1. The quantitative estimate of drug-likeness (QED) is 0.854. The predicted molar refractivity (Wildman–Crippen MR) is 61.0 cm³/mol. The number of carbonyl (C=O) groups is 1. The molecular weight excluding hydrogens is 223 g/mol. The zero-order valence-electron chi connectivity index (χ0n) is 8.94. The predicted octanol–water partition coefficient (Wildman–Crippen LogP) is 2.13. The van der Waals surface area contributed by atoms with Gasteiger partial charge in [-0.3, -0.25) is 4.79 Å². The molecule has 0 aliphatic carbocycles. The van der Waals surface area contributed by atoms with E-state index < -0.39 is 11.7 Å². The van der Waals surface area contributed by atoms with Gasteiger partial charge in [0.25, 0.3) is 5.91 Å². The number of nitrogens with two attached hydrogens (primary N) is 1. The summed E-state index contributed by atoms with van der Waals surface area (Å²) in [6.45, 7) is 0.229. The van der Waals surface area contributed by atoms with E-state index in [1.54, 1.807) is 12.1 Å². The van der Waals surface area contributed by atoms with E-state index in [4.69, 9.17) is 10.2 Å². The fraction of sp³-hybridized carbons (Fsp3) is 0.0833. The van der Waals surface area contributed by atoms with Crippen molar-refractivity contribution in [1.29, 1.82) is 0 Å². The van der Waals surface area contributed by atoms with Crippen LogP contribution in [0.25, 0.3) is 0 Å². The van der Waals surface area contributed by atoms with E-state index in [-0.39, 0.29) is 12.3 Å². The maximum atomic E-state index is 12.9. The zero-order valence-corrected chi connectivity index (χ0v) is 8.94. The number of hydrogen-bond acceptors (Lipinski definition) is 3. The first-order valence-corrected chi connectivity index (χ1v) is 5.05. The number of carbonyl (C=O) groups excluding carboxylic acids is 1. The minimum Gasteiger partial charge on any atom is -0.455 e. The zero-order chi connectivity index (χ0) is 12.3. The summed E-state index contributed by atoms with van der Waals surface area (Å²) in [6.07, 6.45) is 0. The number of hydrogen-bond donors (Lipinski definition) is 2. The topological polar surface area (TPSA) is 68.3 Å². The van der Waals surface area contributed by atoms with Crippen LogP contribution in [-0.2, 0) is 6.54 Å². The van der Waals surface area contributed by atoms with Gasteiger partial charge in [0.15, 0.2) is 5.76 Å². The first-order valence-electron chi connectivity index (χ1n) is 5.05. The normalized spacial score (nSPS) is 10.2. The van der Waals surface area contributed by atoms with E-state index in [1.807, 2.05) is 0 Å². The number of furan rings is 1. The Kier molecular flexibility index (Phi) is 3.20. The minimum absolute atomic E-state index is 0.148. The van der Waals surface area contributed by atoms with Gasteiger partial charge in [0.05, 0.1) is 6.54 Å². The smallest absolute Gasteiger partial charge is 0.291 e. The van der Waals surface area contributed by atoms with Crippen molar-refractivity contribution in [3.63, 3.8) is 0 Å². The molecule has 17 heavy (non-hydrogen) atoms. The Hall–Kier alpha value is -2.14. The molecule has 0 fully saturated rings. The summed E-state index contributed by atoms with van der Waals surface area (Å²) in [5.74, 6) is -0.177. The second kappa shape index (κ2) is 4.80. The van der Waals surface area contributed by atoms with Crippen LogP contribution in [0.5, 0.6) is 0 Å². The Morgan fingerprint density at radius 3 is 2.82 bits per heavy atom. The highest BCUT2D eigenvalue weighted by molar-refractivity contribution is 6.02. The molecule has 88 valence electrons. The Labute approximate surface area is 97.2 Å². The summed E-state index contributed by atoms with van der Waals surface area (Å²) in [6, 6.07) is 8.78. The first-order chi connectivity index (χ1) is 8.19. The lowest BCUT2D eigenvalue weighted by Gasteiger charge is -2.02. The van der Waals surface area contributed by atoms with Crippen molar-refractivity contribution in [3.8, 4) is 0 Å². The fourth-order valence-electron chi connectivity index (χ4n) is 1.37. The van der Waals surface area contributed by atoms with Crippen molar-refractivity contribution in [2.75, 3.05) is 5.32 Å². The number of benzene rings is 1. The molecule has 0 atom stereocenters. The Balaban J connectivity index is 2.11. The lowest BCUT2D eigenvalue weighted by molar-refractivity contribution is 0.0995. The molecule has 0 aliphatic heterocycles. The molecule has 2 aromatic rings. The molecule has 4 nitrogen and oxygen atoms in total. The second-order valence-corrected chi connectivity index (χ2v) is 3.43. The molecule has 1 heterocycles. The van der Waals surface area contributed by atoms with Gasteiger partial charge >= 0.3 is 0 Å². The van der Waals surface area contributed by atoms with Crippen LogP contribution in [0.4, 0.5) is 10.1 Å². The lowest BCUT2D eigenvalue weighted by atomic mass is 10.3. The molecule has 1 aromatic heterocycles. The molecule has 0 spiro atoms. The number of amides is 1. The summed E-state index contributed by atoms with van der Waals surface area (Å²) >= 11 is 0. The van der Waals surface area contributed by atoms with Crippen molar-refractivity contribution >= 4 is 11.6 Å². The van der Waals surface area contributed by atoms with Crippen molar-refractivity contribution < 1.29 is 13.6 Å². The molecule has 0 bridgehead atoms. The lowest BCUT2D eigenvalue weighted by Crippen LogP contribution is -2.11. The van der Waals surface area contributed by atoms with Gasteiger partial charge in [0.1, 0.15) is 11.6 Å². The van der Waals surface area contributed by atoms with Gasteiger partial charge in [-0.1, -0.05) is 6.07 Å². The Bertz CT molecular complexity index is 537. The minimum atomic E-state index is -0.435. The summed E-state index contributed by atoms with van der Waals surface area (Å²) < 4.78 is 18.1. The standard InChI is InChI=1S/C12H11FN2O2/c13-8-2-1-3-9(6-8)15-12(16)11-5-4-10(7-14)17-11/h1-6H,7,14H2,(H,15,16). The molecule has 0 saturated carbocycles. The van der Waals surface area contributed by atoms with Crippen molar-refractivity contribution in [1.82, 2.24) is 0 Å². The van der Waals surface area contributed by atoms with E-state index in [1.165, 1.54) is 24.3 Å². The summed E-state index contributed by atoms with van der Waals surface area (Å²) in [5.41, 5.74) is 5.74. The summed E-state index contributed by atoms with van der Waals surface area (Å²) in [7, 11) is 0. The SMILES string of the molecule is NCc1ccc(C(=O)Nc2cccc(F)c2)o1. The maximum absolute atomic E-state index is 12.9. The van der Waals surface area contributed by atoms with Gasteiger partial charge < -0.3 is 15.5 Å². The van der Waals surface area contributed by atoms with E-state index in [9.17, 15) is 9.18 Å². The molecule has 1 amide bonds. The molecule has 1 aromatic carbocycles. The molecule has 0 aliphatic rings. The van der Waals surface area contributed by atoms with Crippen molar-refractivity contribution in [2.45, 2.75) is 6.54 Å². The fourth-order valence-corrected chi connectivity index (χ4v) is 1.37. The van der Waals surface area contributed by atoms with Crippen molar-refractivity contribution in [2.24, 2.45) is 5.73 Å². The third-order valence-electron chi connectivity index (χ3n) is 2.17. The molecule has 0 saturated heterocycles. The van der Waals surface area contributed by atoms with E-state index in [2.05, 4.69) is 5.32 Å². The monoisotopic (exact) mass is 234 g/mol. The van der Waals surface area contributed by atoms with Gasteiger partial charge in [0.2, 0.25) is 0 Å². The average molecular weight is 234 g/mol. The molecule has 0 radical (unpaired) electrons. The number of halogens is 1. The van der Waals surface area contributed by atoms with E-state index in [0.29, 0.717) is 11.4 Å². The highest BCUT2D eigenvalue weighted by Gasteiger charge is 2.10. The van der Waals surface area contributed by atoms with Crippen LogP contribution in [0, 0.1) is 5.82 Å². The second-order valence-electron chi connectivity index (χ2n) is 3.43. The first kappa shape index (κ1) is 11.3. The van der Waals surface area contributed by atoms with E-state index in [0.717, 1.165) is 0 Å². The van der Waals surface area contributed by atoms with Crippen molar-refractivity contribution in [3.05, 3.63) is 53.7 Å². The van der Waals surface area contributed by atoms with Crippen LogP contribution in [-0.4, -0.2) is 5.91 Å². The van der Waals surface area contributed by atoms with Crippen LogP contribution in [0.15, 0.2) is 40.8 Å². The molecule has 0 unspecified atom stereocenters. The van der Waals surface area contributed by atoms with Gasteiger partial charge in [-0.25, -0.2) is 4.39 Å². The number of nitrogens with one attached hydrogen (secondary N) is 1. The van der Waals surface area contributed by atoms with Gasteiger partial charge in [-0.05, 0) is 30.3 Å². The van der Waals surface area contributed by atoms with Crippen LogP contribution in [0.1, 0.15) is 16.3 Å². The molecule has 2 rings (SSSR count). The van der Waals surface area contributed by atoms with Crippen LogP contribution in [0.3, 0.4) is 0 Å². The molecular formula is C12H11FN2O2. The Morgan fingerprint density at radius 2 is 2.18 bits per heavy atom. The summed E-state index contributed by atoms with van der Waals surface area (Å²) in [5, 5.41) is 2.52. The third kappa shape index (κ3) is 2.70. The number of rotatable bonds is 3. The third-order valence-corrected chi connectivity index (χ3v) is 2.17. The van der Waals surface area contributed by atoms with Gasteiger partial charge in [0, 0.05) is 5.69 Å². The van der Waals surface area contributed by atoms with Gasteiger partial charge in [-0.15, -0.1) is 0 Å². The maximum Gasteiger partial charge on any atom is 0.291 e. The average Bonchev–Trinajstić information content (AvgIpc) is 2.77. The molecule has 5 heteroatoms. The summed E-state index contributed by atoms with van der Waals surface area (Å²) in [4.78, 5) is 11.7. The van der Waals surface area contributed by atoms with Crippen LogP contribution < -0.4 is 11.1 Å². The van der Waals surface area contributed by atoms with E-state index >= 15 is 0 Å². The largest absolute Gasteiger partial charge is 0.455 e. The van der Waals surface area contributed by atoms with Crippen LogP contribution >= 0.6 is 0 Å².